The van der Waals surface area contributed by atoms with Crippen molar-refractivity contribution in [1.82, 2.24) is 4.98 Å². The summed E-state index contributed by atoms with van der Waals surface area (Å²) in [6.07, 6.45) is -12.3. The molecule has 5 nitrogen and oxygen atoms in total. The maximum atomic E-state index is 13.5. The minimum atomic E-state index is -4.90. The Balaban J connectivity index is 1.77. The van der Waals surface area contributed by atoms with E-state index in [1.54, 1.807) is 42.5 Å². The molecule has 3 aromatic rings. The van der Waals surface area contributed by atoms with Crippen molar-refractivity contribution >= 4 is 11.4 Å². The first-order valence-corrected chi connectivity index (χ1v) is 12.0. The van der Waals surface area contributed by atoms with E-state index in [1.165, 1.54) is 17.0 Å². The SMILES string of the molecule is CC(C)Oc1cccc(CN2C[C@@H](c3cccc(C(F)(F)F)c3)N(C[C@@H](O)C(F)(F)F)c3ccccc32)n1. The van der Waals surface area contributed by atoms with Crippen LogP contribution in [0.1, 0.15) is 36.7 Å². The number of para-hydroxylation sites is 2. The average Bonchev–Trinajstić information content (AvgIpc) is 2.84. The maximum Gasteiger partial charge on any atom is 0.416 e. The molecule has 1 aliphatic rings. The van der Waals surface area contributed by atoms with Gasteiger partial charge in [-0.05, 0) is 49.7 Å². The first kappa shape index (κ1) is 27.6. The van der Waals surface area contributed by atoms with Gasteiger partial charge in [0.15, 0.2) is 6.10 Å². The second-order valence-corrected chi connectivity index (χ2v) is 9.35. The summed E-state index contributed by atoms with van der Waals surface area (Å²) in [4.78, 5) is 7.69. The second-order valence-electron chi connectivity index (χ2n) is 9.35. The Morgan fingerprint density at radius 1 is 0.947 bits per heavy atom. The van der Waals surface area contributed by atoms with Gasteiger partial charge in [-0.25, -0.2) is 4.98 Å². The van der Waals surface area contributed by atoms with Crippen LogP contribution in [0.15, 0.2) is 66.7 Å². The van der Waals surface area contributed by atoms with E-state index in [0.29, 0.717) is 22.9 Å². The van der Waals surface area contributed by atoms with Gasteiger partial charge in [0.2, 0.25) is 5.88 Å². The number of β-amino-alcohol motifs (C(OH)–C–C–N with tert-alkyl or cyclic N) is 1. The number of hydrogen-bond donors (Lipinski definition) is 1. The number of hydrogen-bond acceptors (Lipinski definition) is 5. The van der Waals surface area contributed by atoms with Crippen LogP contribution in [0.2, 0.25) is 0 Å². The first-order valence-electron chi connectivity index (χ1n) is 12.0. The topological polar surface area (TPSA) is 48.8 Å². The molecule has 11 heteroatoms. The Morgan fingerprint density at radius 2 is 1.63 bits per heavy atom. The van der Waals surface area contributed by atoms with Crippen molar-refractivity contribution < 1.29 is 36.2 Å². The summed E-state index contributed by atoms with van der Waals surface area (Å²) in [6.45, 7) is 3.17. The monoisotopic (exact) mass is 539 g/mol. The average molecular weight is 540 g/mol. The lowest BCUT2D eigenvalue weighted by Crippen LogP contribution is -2.49. The van der Waals surface area contributed by atoms with Crippen LogP contribution in [0.5, 0.6) is 5.88 Å². The van der Waals surface area contributed by atoms with Gasteiger partial charge in [0.1, 0.15) is 0 Å². The zero-order chi connectivity index (χ0) is 27.7. The van der Waals surface area contributed by atoms with E-state index >= 15 is 0 Å². The zero-order valence-electron chi connectivity index (χ0n) is 20.7. The second kappa shape index (κ2) is 10.7. The van der Waals surface area contributed by atoms with Crippen molar-refractivity contribution in [3.05, 3.63) is 83.6 Å². The summed E-state index contributed by atoms with van der Waals surface area (Å²) in [5.41, 5.74) is 0.820. The van der Waals surface area contributed by atoms with Gasteiger partial charge >= 0.3 is 12.4 Å². The Hall–Kier alpha value is -3.47. The fourth-order valence-electron chi connectivity index (χ4n) is 4.47. The molecule has 0 radical (unpaired) electrons. The van der Waals surface area contributed by atoms with Crippen LogP contribution in [0, 0.1) is 0 Å². The fraction of sp³-hybridized carbons (Fsp3) is 0.370. The number of benzene rings is 2. The summed E-state index contributed by atoms with van der Waals surface area (Å²) < 4.78 is 86.3. The number of aliphatic hydroxyl groups excluding tert-OH is 1. The smallest absolute Gasteiger partial charge is 0.416 e. The van der Waals surface area contributed by atoms with Crippen LogP contribution in [0.25, 0.3) is 0 Å². The number of nitrogens with zero attached hydrogens (tertiary/aromatic N) is 3. The molecule has 38 heavy (non-hydrogen) atoms. The van der Waals surface area contributed by atoms with Crippen molar-refractivity contribution in [2.24, 2.45) is 0 Å². The molecular formula is C27H27F6N3O2. The Morgan fingerprint density at radius 3 is 2.29 bits per heavy atom. The van der Waals surface area contributed by atoms with E-state index in [1.807, 2.05) is 18.7 Å². The molecule has 1 N–H and O–H groups in total. The molecule has 2 aromatic carbocycles. The van der Waals surface area contributed by atoms with Gasteiger partial charge in [0.05, 0.1) is 47.9 Å². The fourth-order valence-corrected chi connectivity index (χ4v) is 4.47. The molecule has 0 unspecified atom stereocenters. The highest BCUT2D eigenvalue weighted by Gasteiger charge is 2.43. The quantitative estimate of drug-likeness (QED) is 0.353. The highest BCUT2D eigenvalue weighted by Crippen LogP contribution is 2.43. The van der Waals surface area contributed by atoms with E-state index in [0.717, 1.165) is 12.1 Å². The Bertz CT molecular complexity index is 1250. The summed E-state index contributed by atoms with van der Waals surface area (Å²) in [6, 6.07) is 15.5. The Labute approximate surface area is 216 Å². The predicted molar refractivity (Wildman–Crippen MR) is 131 cm³/mol. The molecule has 2 atom stereocenters. The third kappa shape index (κ3) is 6.32. The van der Waals surface area contributed by atoms with Crippen LogP contribution in [-0.4, -0.2) is 41.6 Å². The molecule has 0 saturated carbocycles. The normalized spacial score (nSPS) is 16.9. The molecule has 0 spiro atoms. The minimum absolute atomic E-state index is 0.0554. The van der Waals surface area contributed by atoms with Gasteiger partial charge in [0.25, 0.3) is 0 Å². The Kier molecular flexibility index (Phi) is 7.78. The van der Waals surface area contributed by atoms with Crippen LogP contribution >= 0.6 is 0 Å². The molecule has 0 amide bonds. The summed E-state index contributed by atoms with van der Waals surface area (Å²) in [7, 11) is 0. The number of pyridine rings is 1. The lowest BCUT2D eigenvalue weighted by molar-refractivity contribution is -0.200. The molecule has 4 rings (SSSR count). The molecule has 204 valence electrons. The molecule has 0 bridgehead atoms. The number of anilines is 2. The van der Waals surface area contributed by atoms with Gasteiger partial charge in [-0.3, -0.25) is 0 Å². The molecule has 0 fully saturated rings. The van der Waals surface area contributed by atoms with Crippen LogP contribution in [0.4, 0.5) is 37.7 Å². The highest BCUT2D eigenvalue weighted by molar-refractivity contribution is 5.74. The van der Waals surface area contributed by atoms with Crippen LogP contribution < -0.4 is 14.5 Å². The van der Waals surface area contributed by atoms with E-state index in [2.05, 4.69) is 4.98 Å². The van der Waals surface area contributed by atoms with Crippen molar-refractivity contribution in [1.29, 1.82) is 0 Å². The van der Waals surface area contributed by atoms with Gasteiger partial charge in [0, 0.05) is 12.6 Å². The first-order chi connectivity index (χ1) is 17.8. The minimum Gasteiger partial charge on any atom is -0.475 e. The lowest BCUT2D eigenvalue weighted by atomic mass is 9.97. The molecule has 0 saturated heterocycles. The van der Waals surface area contributed by atoms with Gasteiger partial charge in [-0.2, -0.15) is 26.3 Å². The summed E-state index contributed by atoms with van der Waals surface area (Å²) in [5, 5.41) is 9.93. The van der Waals surface area contributed by atoms with E-state index in [9.17, 15) is 31.4 Å². The van der Waals surface area contributed by atoms with Gasteiger partial charge in [-0.15, -0.1) is 0 Å². The molecule has 0 aliphatic carbocycles. The summed E-state index contributed by atoms with van der Waals surface area (Å²) >= 11 is 0. The number of ether oxygens (including phenoxy) is 1. The van der Waals surface area contributed by atoms with Crippen molar-refractivity contribution in [3.8, 4) is 5.88 Å². The number of rotatable bonds is 7. The van der Waals surface area contributed by atoms with Crippen molar-refractivity contribution in [2.75, 3.05) is 22.9 Å². The zero-order valence-corrected chi connectivity index (χ0v) is 20.7. The van der Waals surface area contributed by atoms with Gasteiger partial charge in [-0.1, -0.05) is 30.3 Å². The number of halogens is 6. The van der Waals surface area contributed by atoms with Crippen molar-refractivity contribution in [2.45, 2.75) is 51.0 Å². The van der Waals surface area contributed by atoms with Crippen LogP contribution in [0.3, 0.4) is 0 Å². The van der Waals surface area contributed by atoms with Crippen LogP contribution in [-0.2, 0) is 12.7 Å². The standard InChI is InChI=1S/C27H27F6N3O2/c1-17(2)38-25-12-6-9-20(34-25)14-35-15-23(18-7-5-8-19(13-18)26(28,29)30)36(16-24(37)27(31,32)33)22-11-4-3-10-21(22)35/h3-13,17,23-24,37H,14-16H2,1-2H3/t23-,24+/m0/s1. The summed E-state index contributed by atoms with van der Waals surface area (Å²) in [5.74, 6) is 0.409. The number of fused-ring (bicyclic) bond motifs is 1. The van der Waals surface area contributed by atoms with E-state index in [-0.39, 0.29) is 24.8 Å². The van der Waals surface area contributed by atoms with Crippen molar-refractivity contribution in [3.63, 3.8) is 0 Å². The highest BCUT2D eigenvalue weighted by atomic mass is 19.4. The number of aromatic nitrogens is 1. The molecule has 1 aromatic heterocycles. The van der Waals surface area contributed by atoms with E-state index in [4.69, 9.17) is 4.74 Å². The molecular weight excluding hydrogens is 512 g/mol. The predicted octanol–water partition coefficient (Wildman–Crippen LogP) is 6.38. The van der Waals surface area contributed by atoms with E-state index < -0.39 is 36.6 Å². The number of alkyl halides is 6. The molecule has 1 aliphatic heterocycles. The lowest BCUT2D eigenvalue weighted by Gasteiger charge is -2.45. The molecule has 2 heterocycles. The number of aliphatic hydroxyl groups is 1. The largest absolute Gasteiger partial charge is 0.475 e. The van der Waals surface area contributed by atoms with Gasteiger partial charge < -0.3 is 19.6 Å². The third-order valence-electron chi connectivity index (χ3n) is 6.14. The third-order valence-corrected chi connectivity index (χ3v) is 6.14. The maximum absolute atomic E-state index is 13.5.